The summed E-state index contributed by atoms with van der Waals surface area (Å²) in [6.45, 7) is 1.00. The summed E-state index contributed by atoms with van der Waals surface area (Å²) < 4.78 is 39.2. The molecule has 0 fully saturated rings. The number of alkyl halides is 3. The molecule has 0 aliphatic heterocycles. The Labute approximate surface area is 187 Å². The third-order valence-electron chi connectivity index (χ3n) is 4.81. The van der Waals surface area contributed by atoms with Gasteiger partial charge in [0.25, 0.3) is 0 Å². The largest absolute Gasteiger partial charge is 0.416 e. The first-order chi connectivity index (χ1) is 15.5. The van der Waals surface area contributed by atoms with E-state index in [-0.39, 0.29) is 0 Å². The van der Waals surface area contributed by atoms with Crippen LogP contribution in [0.4, 0.5) is 13.2 Å². The van der Waals surface area contributed by atoms with E-state index < -0.39 is 11.7 Å². The number of rotatable bonds is 6. The van der Waals surface area contributed by atoms with Crippen molar-refractivity contribution in [1.29, 1.82) is 0 Å². The minimum absolute atomic E-state index is 0.608. The molecule has 6 heteroatoms. The van der Waals surface area contributed by atoms with Gasteiger partial charge in [0.05, 0.1) is 11.9 Å². The molecule has 0 radical (unpaired) electrons. The standard InChI is InChI=1S/C15H12BF3.C11H12N2/c17-15(18,19)13-6-8-14(9-7-13)16-11-10-12-4-2-1-3-5-12;1-2-4-11(5-3-1)6-8-13-9-7-12-10-13/h1-11,16H;1-5,7,9-10H,6,8H2. The van der Waals surface area contributed by atoms with Gasteiger partial charge in [-0.15, -0.1) is 5.98 Å². The Morgan fingerprint density at radius 3 is 2.09 bits per heavy atom. The Morgan fingerprint density at radius 1 is 0.844 bits per heavy atom. The van der Waals surface area contributed by atoms with Crippen molar-refractivity contribution in [3.8, 4) is 0 Å². The highest BCUT2D eigenvalue weighted by Crippen LogP contribution is 2.28. The zero-order valence-corrected chi connectivity index (χ0v) is 17.6. The molecule has 0 aliphatic carbocycles. The molecule has 2 nitrogen and oxygen atoms in total. The van der Waals surface area contributed by atoms with Gasteiger partial charge in [0.2, 0.25) is 0 Å². The van der Waals surface area contributed by atoms with Crippen LogP contribution in [-0.4, -0.2) is 16.8 Å². The third-order valence-corrected chi connectivity index (χ3v) is 4.81. The van der Waals surface area contributed by atoms with Crippen molar-refractivity contribution in [3.63, 3.8) is 0 Å². The molecule has 0 aliphatic rings. The fourth-order valence-corrected chi connectivity index (χ4v) is 3.05. The van der Waals surface area contributed by atoms with Gasteiger partial charge in [0.15, 0.2) is 7.28 Å². The zero-order chi connectivity index (χ0) is 22.7. The summed E-state index contributed by atoms with van der Waals surface area (Å²) in [5.74, 6) is 1.94. The van der Waals surface area contributed by atoms with Gasteiger partial charge in [-0.25, -0.2) is 4.98 Å². The quantitative estimate of drug-likeness (QED) is 0.365. The van der Waals surface area contributed by atoms with E-state index >= 15 is 0 Å². The molecule has 0 atom stereocenters. The molecule has 1 heterocycles. The number of hydrogen-bond acceptors (Lipinski definition) is 1. The van der Waals surface area contributed by atoms with E-state index in [1.165, 1.54) is 17.7 Å². The highest BCUT2D eigenvalue weighted by atomic mass is 19.4. The smallest absolute Gasteiger partial charge is 0.337 e. The van der Waals surface area contributed by atoms with Crippen molar-refractivity contribution >= 4 is 18.8 Å². The lowest BCUT2D eigenvalue weighted by molar-refractivity contribution is -0.137. The van der Waals surface area contributed by atoms with E-state index in [9.17, 15) is 13.2 Å². The lowest BCUT2D eigenvalue weighted by Gasteiger charge is -2.06. The van der Waals surface area contributed by atoms with Crippen molar-refractivity contribution in [3.05, 3.63) is 126 Å². The fourth-order valence-electron chi connectivity index (χ4n) is 3.05. The second-order valence-corrected chi connectivity index (χ2v) is 7.25. The number of halogens is 3. The monoisotopic (exact) mass is 432 g/mol. The molecule has 0 bridgehead atoms. The van der Waals surface area contributed by atoms with E-state index in [1.807, 2.05) is 67.2 Å². The van der Waals surface area contributed by atoms with Crippen LogP contribution in [0.25, 0.3) is 6.08 Å². The lowest BCUT2D eigenvalue weighted by Crippen LogP contribution is -2.13. The highest BCUT2D eigenvalue weighted by Gasteiger charge is 2.29. The Hall–Kier alpha value is -3.54. The number of hydrogen-bond donors (Lipinski definition) is 0. The maximum Gasteiger partial charge on any atom is 0.416 e. The Balaban J connectivity index is 0.000000193. The molecule has 0 saturated carbocycles. The maximum absolute atomic E-state index is 12.4. The fraction of sp³-hybridized carbons (Fsp3) is 0.115. The van der Waals surface area contributed by atoms with Crippen molar-refractivity contribution in [2.24, 2.45) is 0 Å². The molecule has 1 aromatic heterocycles. The Kier molecular flexibility index (Phi) is 8.49. The van der Waals surface area contributed by atoms with Gasteiger partial charge < -0.3 is 4.57 Å². The van der Waals surface area contributed by atoms with Crippen LogP contribution in [0.3, 0.4) is 0 Å². The van der Waals surface area contributed by atoms with Crippen molar-refractivity contribution in [2.45, 2.75) is 19.1 Å². The van der Waals surface area contributed by atoms with Crippen LogP contribution < -0.4 is 5.46 Å². The first-order valence-electron chi connectivity index (χ1n) is 10.4. The molecule has 32 heavy (non-hydrogen) atoms. The molecular weight excluding hydrogens is 408 g/mol. The molecule has 4 aromatic rings. The summed E-state index contributed by atoms with van der Waals surface area (Å²) in [5.41, 5.74) is 2.70. The van der Waals surface area contributed by atoms with Crippen molar-refractivity contribution in [2.75, 3.05) is 0 Å². The minimum Gasteiger partial charge on any atom is -0.337 e. The molecule has 0 saturated heterocycles. The van der Waals surface area contributed by atoms with Gasteiger partial charge in [-0.2, -0.15) is 13.2 Å². The van der Waals surface area contributed by atoms with Crippen LogP contribution >= 0.6 is 0 Å². The summed E-state index contributed by atoms with van der Waals surface area (Å²) in [4.78, 5) is 4.00. The predicted molar refractivity (Wildman–Crippen MR) is 126 cm³/mol. The molecule has 0 spiro atoms. The van der Waals surface area contributed by atoms with Crippen LogP contribution in [0.5, 0.6) is 0 Å². The first kappa shape index (κ1) is 23.1. The lowest BCUT2D eigenvalue weighted by atomic mass is 9.70. The van der Waals surface area contributed by atoms with Crippen LogP contribution in [0, 0.1) is 0 Å². The molecule has 0 amide bonds. The van der Waals surface area contributed by atoms with E-state index in [0.717, 1.165) is 36.1 Å². The summed E-state index contributed by atoms with van der Waals surface area (Å²) in [6.07, 6.45) is 4.41. The molecule has 0 N–H and O–H groups in total. The zero-order valence-electron chi connectivity index (χ0n) is 17.6. The van der Waals surface area contributed by atoms with Gasteiger partial charge in [-0.1, -0.05) is 96.5 Å². The Bertz CT molecular complexity index is 1060. The number of benzene rings is 3. The van der Waals surface area contributed by atoms with E-state index in [4.69, 9.17) is 0 Å². The van der Waals surface area contributed by atoms with Gasteiger partial charge in [-0.3, -0.25) is 0 Å². The summed E-state index contributed by atoms with van der Waals surface area (Å²) in [7, 11) is 0.618. The van der Waals surface area contributed by atoms with Gasteiger partial charge in [0, 0.05) is 18.9 Å². The van der Waals surface area contributed by atoms with E-state index in [1.54, 1.807) is 0 Å². The van der Waals surface area contributed by atoms with Gasteiger partial charge >= 0.3 is 6.18 Å². The Morgan fingerprint density at radius 2 is 1.50 bits per heavy atom. The highest BCUT2D eigenvalue weighted by molar-refractivity contribution is 6.59. The molecule has 4 rings (SSSR count). The number of nitrogens with zero attached hydrogens (tertiary/aromatic N) is 2. The molecule has 0 unspecified atom stereocenters. The predicted octanol–water partition coefficient (Wildman–Crippen LogP) is 5.56. The van der Waals surface area contributed by atoms with Gasteiger partial charge in [0.1, 0.15) is 0 Å². The second-order valence-electron chi connectivity index (χ2n) is 7.25. The minimum atomic E-state index is -4.27. The van der Waals surface area contributed by atoms with Crippen LogP contribution in [0.1, 0.15) is 16.7 Å². The molecule has 3 aromatic carbocycles. The van der Waals surface area contributed by atoms with Crippen molar-refractivity contribution in [1.82, 2.24) is 9.55 Å². The van der Waals surface area contributed by atoms with Crippen LogP contribution in [0.2, 0.25) is 0 Å². The number of aromatic nitrogens is 2. The summed E-state index contributed by atoms with van der Waals surface area (Å²) in [6, 6.07) is 25.5. The SMILES string of the molecule is FC(F)(F)c1ccc(BC=Cc2ccccc2)cc1.c1ccc(CCn2ccnc2)cc1. The molecule has 162 valence electrons. The van der Waals surface area contributed by atoms with Crippen LogP contribution in [-0.2, 0) is 19.1 Å². The second kappa shape index (κ2) is 11.7. The first-order valence-corrected chi connectivity index (χ1v) is 10.4. The summed E-state index contributed by atoms with van der Waals surface area (Å²) in [5, 5.41) is 0. The number of aryl methyl sites for hydroxylation is 2. The van der Waals surface area contributed by atoms with E-state index in [2.05, 4.69) is 33.8 Å². The maximum atomic E-state index is 12.4. The van der Waals surface area contributed by atoms with Crippen LogP contribution in [0.15, 0.2) is 110 Å². The number of imidazole rings is 1. The average Bonchev–Trinajstić information content (AvgIpc) is 3.33. The topological polar surface area (TPSA) is 17.8 Å². The normalized spacial score (nSPS) is 11.1. The van der Waals surface area contributed by atoms with E-state index in [0.29, 0.717) is 7.28 Å². The van der Waals surface area contributed by atoms with Crippen molar-refractivity contribution < 1.29 is 13.2 Å². The average molecular weight is 432 g/mol. The molecular formula is C26H24BF3N2. The van der Waals surface area contributed by atoms with Gasteiger partial charge in [-0.05, 0) is 17.5 Å². The summed E-state index contributed by atoms with van der Waals surface area (Å²) >= 11 is 0. The third kappa shape index (κ3) is 7.95.